The van der Waals surface area contributed by atoms with E-state index in [4.69, 9.17) is 16.3 Å². The number of halogens is 1. The van der Waals surface area contributed by atoms with E-state index >= 15 is 0 Å². The van der Waals surface area contributed by atoms with Crippen LogP contribution in [-0.4, -0.2) is 39.7 Å². The van der Waals surface area contributed by atoms with Gasteiger partial charge in [0.15, 0.2) is 0 Å². The fraction of sp³-hybridized carbons (Fsp3) is 0.136. The first-order valence-electron chi connectivity index (χ1n) is 10.7. The first kappa shape index (κ1) is 23.4. The van der Waals surface area contributed by atoms with Gasteiger partial charge in [-0.1, -0.05) is 35.1 Å². The number of aromatic nitrogens is 8. The van der Waals surface area contributed by atoms with E-state index in [1.54, 1.807) is 49.5 Å². The summed E-state index contributed by atoms with van der Waals surface area (Å²) < 4.78 is 8.29. The van der Waals surface area contributed by atoms with Crippen molar-refractivity contribution in [2.24, 2.45) is 0 Å². The molecule has 0 radical (unpaired) electrons. The van der Waals surface area contributed by atoms with Gasteiger partial charge in [-0.25, -0.2) is 19.1 Å². The summed E-state index contributed by atoms with van der Waals surface area (Å²) in [5.74, 6) is 1.11. The Hall–Kier alpha value is -4.36. The molecule has 0 unspecified atom stereocenters. The molecule has 0 saturated heterocycles. The van der Waals surface area contributed by atoms with Gasteiger partial charge in [-0.2, -0.15) is 10.2 Å². The van der Waals surface area contributed by atoms with Gasteiger partial charge >= 0.3 is 11.4 Å². The average Bonchev–Trinajstić information content (AvgIpc) is 3.57. The summed E-state index contributed by atoms with van der Waals surface area (Å²) in [6.45, 7) is 2.14. The highest BCUT2D eigenvalue weighted by Crippen LogP contribution is 2.31. The fourth-order valence-electron chi connectivity index (χ4n) is 3.32. The first-order chi connectivity index (χ1) is 17.5. The number of tetrazole rings is 1. The summed E-state index contributed by atoms with van der Waals surface area (Å²) >= 11 is 7.26. The van der Waals surface area contributed by atoms with Gasteiger partial charge in [-0.15, -0.1) is 10.2 Å². The molecule has 0 aliphatic carbocycles. The molecule has 0 fully saturated rings. The van der Waals surface area contributed by atoms with Crippen LogP contribution < -0.4 is 21.4 Å². The molecule has 0 amide bonds. The number of thiazole rings is 1. The summed E-state index contributed by atoms with van der Waals surface area (Å²) in [6.07, 6.45) is 1.60. The second-order valence-electron chi connectivity index (χ2n) is 7.43. The number of ether oxygens (including phenoxy) is 1. The van der Waals surface area contributed by atoms with Crippen molar-refractivity contribution in [2.45, 2.75) is 20.0 Å². The second-order valence-corrected chi connectivity index (χ2v) is 8.86. The van der Waals surface area contributed by atoms with Crippen LogP contribution in [0.2, 0.25) is 5.02 Å². The lowest BCUT2D eigenvalue weighted by molar-refractivity contribution is 0.479. The highest BCUT2D eigenvalue weighted by Gasteiger charge is 2.14. The Bertz CT molecular complexity index is 1590. The maximum absolute atomic E-state index is 13.0. The predicted molar refractivity (Wildman–Crippen MR) is 134 cm³/mol. The first-order valence-corrected chi connectivity index (χ1v) is 11.9. The van der Waals surface area contributed by atoms with E-state index < -0.39 is 11.4 Å². The smallest absolute Gasteiger partial charge is 0.354 e. The molecule has 36 heavy (non-hydrogen) atoms. The minimum absolute atomic E-state index is 0.128. The number of nitrogens with zero attached hydrogens (tertiary/aromatic N) is 7. The third kappa shape index (κ3) is 5.01. The molecule has 12 nitrogen and oxygen atoms in total. The normalized spacial score (nSPS) is 10.9. The summed E-state index contributed by atoms with van der Waals surface area (Å²) in [4.78, 5) is 34.5. The molecule has 14 heteroatoms. The van der Waals surface area contributed by atoms with Crippen LogP contribution in [0.5, 0.6) is 10.9 Å². The number of aromatic amines is 1. The SMILES string of the molecule is CCn1c(=O)nc(Nc2ccc(Oc3ncc(-c4nn[nH]n4)s3)cc2)n(Cc2ccc(Cl)cc2)c1=O. The number of rotatable bonds is 8. The molecule has 0 spiro atoms. The topological polar surface area (TPSA) is 146 Å². The van der Waals surface area contributed by atoms with E-state index in [0.717, 1.165) is 10.1 Å². The Labute approximate surface area is 212 Å². The monoisotopic (exact) mass is 523 g/mol. The van der Waals surface area contributed by atoms with Crippen molar-refractivity contribution in [3.63, 3.8) is 0 Å². The minimum atomic E-state index is -0.626. The molecular weight excluding hydrogens is 506 g/mol. The van der Waals surface area contributed by atoms with Crippen molar-refractivity contribution in [3.05, 3.63) is 86.3 Å². The molecule has 182 valence electrons. The second kappa shape index (κ2) is 10.1. The summed E-state index contributed by atoms with van der Waals surface area (Å²) in [5.41, 5.74) is 0.356. The quantitative estimate of drug-likeness (QED) is 0.312. The van der Waals surface area contributed by atoms with E-state index in [2.05, 4.69) is 35.9 Å². The molecule has 0 saturated carbocycles. The zero-order chi connectivity index (χ0) is 25.1. The van der Waals surface area contributed by atoms with Crippen LogP contribution in [0.3, 0.4) is 0 Å². The van der Waals surface area contributed by atoms with Crippen molar-refractivity contribution in [2.75, 3.05) is 5.32 Å². The van der Waals surface area contributed by atoms with Gasteiger partial charge < -0.3 is 10.1 Å². The third-order valence-corrected chi connectivity index (χ3v) is 6.21. The molecule has 0 bridgehead atoms. The maximum atomic E-state index is 13.0. The Morgan fingerprint density at radius 2 is 1.86 bits per heavy atom. The molecule has 5 rings (SSSR count). The van der Waals surface area contributed by atoms with Crippen molar-refractivity contribution >= 4 is 34.6 Å². The number of benzene rings is 2. The molecule has 2 N–H and O–H groups in total. The number of nitrogens with one attached hydrogen (secondary N) is 2. The summed E-state index contributed by atoms with van der Waals surface area (Å²) in [7, 11) is 0. The molecule has 3 heterocycles. The van der Waals surface area contributed by atoms with Gasteiger partial charge in [-0.3, -0.25) is 4.57 Å². The van der Waals surface area contributed by atoms with E-state index in [1.807, 2.05) is 12.1 Å². The lowest BCUT2D eigenvalue weighted by atomic mass is 10.2. The molecular formula is C22H18ClN9O3S. The largest absolute Gasteiger partial charge is 0.431 e. The van der Waals surface area contributed by atoms with Crippen LogP contribution in [0.1, 0.15) is 12.5 Å². The van der Waals surface area contributed by atoms with Crippen molar-refractivity contribution in [1.82, 2.24) is 39.7 Å². The number of hydrogen-bond donors (Lipinski definition) is 2. The molecule has 3 aromatic heterocycles. The van der Waals surface area contributed by atoms with Crippen LogP contribution in [-0.2, 0) is 13.1 Å². The standard InChI is InChI=1S/C22H18ClN9O3S/c1-2-31-20(33)26-19(32(22(31)34)12-13-3-5-14(23)6-4-13)25-15-7-9-16(10-8-15)35-21-24-11-17(36-21)18-27-29-30-28-18/h3-11H,2,12H2,1H3,(H,25,26,33)(H,27,28,29,30). The van der Waals surface area contributed by atoms with Gasteiger partial charge in [0.05, 0.1) is 17.6 Å². The minimum Gasteiger partial charge on any atom is -0.431 e. The number of anilines is 2. The lowest BCUT2D eigenvalue weighted by Crippen LogP contribution is -2.42. The third-order valence-electron chi connectivity index (χ3n) is 5.09. The van der Waals surface area contributed by atoms with Gasteiger partial charge in [-0.05, 0) is 54.1 Å². The molecule has 0 aliphatic heterocycles. The van der Waals surface area contributed by atoms with Gasteiger partial charge in [0.25, 0.3) is 5.19 Å². The van der Waals surface area contributed by atoms with Gasteiger partial charge in [0.2, 0.25) is 11.8 Å². The molecule has 0 aliphatic rings. The van der Waals surface area contributed by atoms with E-state index in [0.29, 0.717) is 32.4 Å². The molecule has 2 aromatic carbocycles. The molecule has 0 atom stereocenters. The van der Waals surface area contributed by atoms with Crippen molar-refractivity contribution in [1.29, 1.82) is 0 Å². The zero-order valence-electron chi connectivity index (χ0n) is 18.8. The Kier molecular flexibility index (Phi) is 6.56. The van der Waals surface area contributed by atoms with Crippen LogP contribution in [0.25, 0.3) is 10.7 Å². The summed E-state index contributed by atoms with van der Waals surface area (Å²) in [6, 6.07) is 14.1. The Morgan fingerprint density at radius 3 is 2.56 bits per heavy atom. The van der Waals surface area contributed by atoms with Crippen LogP contribution >= 0.6 is 22.9 Å². The van der Waals surface area contributed by atoms with Gasteiger partial charge in [0.1, 0.15) is 5.75 Å². The Morgan fingerprint density at radius 1 is 1.08 bits per heavy atom. The number of H-pyrrole nitrogens is 1. The zero-order valence-corrected chi connectivity index (χ0v) is 20.3. The van der Waals surface area contributed by atoms with E-state index in [-0.39, 0.29) is 19.0 Å². The maximum Gasteiger partial charge on any atom is 0.354 e. The highest BCUT2D eigenvalue weighted by atomic mass is 35.5. The van der Waals surface area contributed by atoms with Crippen LogP contribution in [0.4, 0.5) is 11.6 Å². The van der Waals surface area contributed by atoms with Gasteiger partial charge in [0, 0.05) is 17.3 Å². The number of hydrogen-bond acceptors (Lipinski definition) is 10. The van der Waals surface area contributed by atoms with Crippen LogP contribution in [0.15, 0.2) is 64.3 Å². The van der Waals surface area contributed by atoms with Crippen molar-refractivity contribution in [3.8, 4) is 21.6 Å². The lowest BCUT2D eigenvalue weighted by Gasteiger charge is -2.15. The Balaban J connectivity index is 1.37. The van der Waals surface area contributed by atoms with E-state index in [1.165, 1.54) is 15.9 Å². The summed E-state index contributed by atoms with van der Waals surface area (Å²) in [5, 5.41) is 17.8. The molecule has 5 aromatic rings. The fourth-order valence-corrected chi connectivity index (χ4v) is 4.16. The van der Waals surface area contributed by atoms with E-state index in [9.17, 15) is 9.59 Å². The predicted octanol–water partition coefficient (Wildman–Crippen LogP) is 3.30. The average molecular weight is 524 g/mol. The van der Waals surface area contributed by atoms with Crippen LogP contribution in [0, 0.1) is 0 Å². The highest BCUT2D eigenvalue weighted by molar-refractivity contribution is 7.16. The van der Waals surface area contributed by atoms with Crippen molar-refractivity contribution < 1.29 is 4.74 Å².